The molecule has 15 heavy (non-hydrogen) atoms. The number of hydrogen-bond acceptors (Lipinski definition) is 4. The van der Waals surface area contributed by atoms with Crippen LogP contribution in [-0.4, -0.2) is 21.8 Å². The van der Waals surface area contributed by atoms with Gasteiger partial charge in [0.05, 0.1) is 5.69 Å². The molecule has 2 N–H and O–H groups in total. The number of fused-ring (bicyclic) bond motifs is 1. The smallest absolute Gasteiger partial charge is 0.285 e. The first-order chi connectivity index (χ1) is 7.04. The Morgan fingerprint density at radius 2 is 2.20 bits per heavy atom. The van der Waals surface area contributed by atoms with Crippen LogP contribution in [0.1, 0.15) is 5.56 Å². The summed E-state index contributed by atoms with van der Waals surface area (Å²) in [6, 6.07) is 5.00. The number of benzene rings is 1. The summed E-state index contributed by atoms with van der Waals surface area (Å²) >= 11 is 0. The van der Waals surface area contributed by atoms with E-state index in [1.54, 1.807) is 30.1 Å². The van der Waals surface area contributed by atoms with Crippen LogP contribution in [0.15, 0.2) is 27.5 Å². The topological polar surface area (TPSA) is 75.8 Å². The largest absolute Gasteiger partial charge is 0.334 e. The van der Waals surface area contributed by atoms with Gasteiger partial charge in [-0.25, -0.2) is 0 Å². The van der Waals surface area contributed by atoms with Gasteiger partial charge in [0, 0.05) is 13.6 Å². The molecule has 1 aliphatic rings. The molecule has 2 rings (SSSR count). The van der Waals surface area contributed by atoms with Crippen LogP contribution in [0.5, 0.6) is 0 Å². The van der Waals surface area contributed by atoms with Gasteiger partial charge in [0.15, 0.2) is 0 Å². The van der Waals surface area contributed by atoms with E-state index in [1.165, 1.54) is 6.34 Å². The predicted molar refractivity (Wildman–Crippen MR) is 58.4 cm³/mol. The van der Waals surface area contributed by atoms with Crippen LogP contribution < -0.4 is 10.6 Å². The molecule has 0 aliphatic carbocycles. The van der Waals surface area contributed by atoms with Crippen molar-refractivity contribution in [2.45, 2.75) is 11.4 Å². The first-order valence-electron chi connectivity index (χ1n) is 4.41. The van der Waals surface area contributed by atoms with Crippen molar-refractivity contribution in [1.29, 1.82) is 0 Å². The second-order valence-electron chi connectivity index (χ2n) is 3.31. The van der Waals surface area contributed by atoms with Gasteiger partial charge in [-0.2, -0.15) is 8.42 Å². The van der Waals surface area contributed by atoms with E-state index in [0.29, 0.717) is 12.2 Å². The zero-order chi connectivity index (χ0) is 11.1. The number of nitrogens with two attached hydrogens (primary N) is 1. The molecular weight excluding hydrogens is 214 g/mol. The minimum Gasteiger partial charge on any atom is -0.334 e. The molecule has 0 unspecified atom stereocenters. The zero-order valence-electron chi connectivity index (χ0n) is 8.21. The molecule has 1 aromatic rings. The van der Waals surface area contributed by atoms with Crippen molar-refractivity contribution in [1.82, 2.24) is 0 Å². The number of rotatable bonds is 1. The SMILES string of the molecule is CN1C=NS(=O)(=O)c2ccc(CN)cc21. The van der Waals surface area contributed by atoms with Gasteiger partial charge in [-0.15, -0.1) is 4.40 Å². The third-order valence-electron chi connectivity index (χ3n) is 2.28. The van der Waals surface area contributed by atoms with E-state index in [4.69, 9.17) is 5.73 Å². The molecule has 6 heteroatoms. The highest BCUT2D eigenvalue weighted by molar-refractivity contribution is 7.90. The Balaban J connectivity index is 2.67. The molecule has 5 nitrogen and oxygen atoms in total. The maximum absolute atomic E-state index is 11.6. The lowest BCUT2D eigenvalue weighted by Crippen LogP contribution is -2.22. The zero-order valence-corrected chi connectivity index (χ0v) is 9.03. The van der Waals surface area contributed by atoms with E-state index in [2.05, 4.69) is 4.40 Å². The van der Waals surface area contributed by atoms with Crippen LogP contribution in [0.25, 0.3) is 0 Å². The summed E-state index contributed by atoms with van der Waals surface area (Å²) in [4.78, 5) is 1.89. The molecule has 0 fully saturated rings. The van der Waals surface area contributed by atoms with E-state index < -0.39 is 10.0 Å². The van der Waals surface area contributed by atoms with Crippen LogP contribution in [0.2, 0.25) is 0 Å². The maximum Gasteiger partial charge on any atom is 0.285 e. The molecule has 0 radical (unpaired) electrons. The van der Waals surface area contributed by atoms with Gasteiger partial charge in [-0.1, -0.05) is 6.07 Å². The standard InChI is InChI=1S/C9H11N3O2S/c1-12-6-11-15(13,14)9-3-2-7(5-10)4-8(9)12/h2-4,6H,5,10H2,1H3. The summed E-state index contributed by atoms with van der Waals surface area (Å²) in [7, 11) is -1.77. The highest BCUT2D eigenvalue weighted by Gasteiger charge is 2.23. The van der Waals surface area contributed by atoms with E-state index in [-0.39, 0.29) is 4.90 Å². The van der Waals surface area contributed by atoms with E-state index in [1.807, 2.05) is 0 Å². The van der Waals surface area contributed by atoms with Crippen molar-refractivity contribution in [3.63, 3.8) is 0 Å². The van der Waals surface area contributed by atoms with Crippen molar-refractivity contribution in [2.24, 2.45) is 10.1 Å². The summed E-state index contributed by atoms with van der Waals surface area (Å²) in [6.45, 7) is 0.387. The molecule has 0 bridgehead atoms. The van der Waals surface area contributed by atoms with Gasteiger partial charge in [0.2, 0.25) is 0 Å². The van der Waals surface area contributed by atoms with Gasteiger partial charge < -0.3 is 10.6 Å². The van der Waals surface area contributed by atoms with Crippen LogP contribution in [0.3, 0.4) is 0 Å². The van der Waals surface area contributed by atoms with Crippen molar-refractivity contribution < 1.29 is 8.42 Å². The molecule has 1 aliphatic heterocycles. The van der Waals surface area contributed by atoms with Crippen LogP contribution in [0.4, 0.5) is 5.69 Å². The molecular formula is C9H11N3O2S. The average molecular weight is 225 g/mol. The van der Waals surface area contributed by atoms with Crippen molar-refractivity contribution >= 4 is 22.0 Å². The predicted octanol–water partition coefficient (Wildman–Crippen LogP) is 0.312. The Labute approximate surface area is 88.3 Å². The lowest BCUT2D eigenvalue weighted by molar-refractivity contribution is 0.597. The van der Waals surface area contributed by atoms with Crippen molar-refractivity contribution in [3.05, 3.63) is 23.8 Å². The first kappa shape index (κ1) is 10.1. The third-order valence-corrected chi connectivity index (χ3v) is 3.55. The molecule has 0 aromatic heterocycles. The molecule has 1 aromatic carbocycles. The third kappa shape index (κ3) is 1.62. The Kier molecular flexibility index (Phi) is 2.24. The fourth-order valence-electron chi connectivity index (χ4n) is 1.44. The van der Waals surface area contributed by atoms with Crippen molar-refractivity contribution in [3.8, 4) is 0 Å². The highest BCUT2D eigenvalue weighted by Crippen LogP contribution is 2.29. The summed E-state index contributed by atoms with van der Waals surface area (Å²) in [5.41, 5.74) is 7.01. The second-order valence-corrected chi connectivity index (χ2v) is 4.91. The minimum atomic E-state index is -3.51. The fourth-order valence-corrected chi connectivity index (χ4v) is 2.52. The number of hydrogen-bond donors (Lipinski definition) is 1. The number of anilines is 1. The van der Waals surface area contributed by atoms with Crippen molar-refractivity contribution in [2.75, 3.05) is 11.9 Å². The summed E-state index contributed by atoms with van der Waals surface area (Å²) in [6.07, 6.45) is 1.29. The van der Waals surface area contributed by atoms with Crippen LogP contribution >= 0.6 is 0 Å². The Bertz CT molecular complexity index is 522. The second kappa shape index (κ2) is 3.32. The molecule has 0 spiro atoms. The van der Waals surface area contributed by atoms with Gasteiger partial charge in [-0.05, 0) is 17.7 Å². The Morgan fingerprint density at radius 3 is 2.87 bits per heavy atom. The average Bonchev–Trinajstić information content (AvgIpc) is 2.23. The highest BCUT2D eigenvalue weighted by atomic mass is 32.2. The molecule has 80 valence electrons. The lowest BCUT2D eigenvalue weighted by Gasteiger charge is -2.21. The molecule has 1 heterocycles. The fraction of sp³-hybridized carbons (Fsp3) is 0.222. The number of nitrogens with zero attached hydrogens (tertiary/aromatic N) is 2. The van der Waals surface area contributed by atoms with Crippen LogP contribution in [-0.2, 0) is 16.6 Å². The monoisotopic (exact) mass is 225 g/mol. The van der Waals surface area contributed by atoms with E-state index in [0.717, 1.165) is 5.56 Å². The van der Waals surface area contributed by atoms with E-state index in [9.17, 15) is 8.42 Å². The lowest BCUT2D eigenvalue weighted by atomic mass is 10.2. The van der Waals surface area contributed by atoms with Gasteiger partial charge in [0.25, 0.3) is 10.0 Å². The van der Waals surface area contributed by atoms with Crippen LogP contribution in [0, 0.1) is 0 Å². The molecule has 0 saturated heterocycles. The summed E-state index contributed by atoms with van der Waals surface area (Å²) in [5.74, 6) is 0. The summed E-state index contributed by atoms with van der Waals surface area (Å²) < 4.78 is 26.6. The first-order valence-corrected chi connectivity index (χ1v) is 5.85. The molecule has 0 atom stereocenters. The maximum atomic E-state index is 11.6. The Morgan fingerprint density at radius 1 is 1.47 bits per heavy atom. The quantitative estimate of drug-likeness (QED) is 0.746. The molecule has 0 saturated carbocycles. The van der Waals surface area contributed by atoms with Gasteiger partial charge >= 0.3 is 0 Å². The molecule has 0 amide bonds. The number of sulfonamides is 1. The van der Waals surface area contributed by atoms with E-state index >= 15 is 0 Å². The normalized spacial score (nSPS) is 17.6. The Hall–Kier alpha value is -1.40. The van der Waals surface area contributed by atoms with Gasteiger partial charge in [0.1, 0.15) is 11.2 Å². The minimum absolute atomic E-state index is 0.227. The summed E-state index contributed by atoms with van der Waals surface area (Å²) in [5, 5.41) is 0. The van der Waals surface area contributed by atoms with Gasteiger partial charge in [-0.3, -0.25) is 0 Å².